The number of hydrogen-bond donors (Lipinski definition) is 2. The molecule has 8 heteroatoms. The molecule has 0 unspecified atom stereocenters. The number of benzene rings is 2. The van der Waals surface area contributed by atoms with E-state index in [0.717, 1.165) is 33.3 Å². The van der Waals surface area contributed by atoms with Crippen LogP contribution in [-0.4, -0.2) is 18.0 Å². The lowest BCUT2D eigenvalue weighted by Gasteiger charge is -2.12. The third kappa shape index (κ3) is 5.71. The molecule has 0 fully saturated rings. The maximum atomic E-state index is 13.7. The van der Waals surface area contributed by atoms with Crippen LogP contribution >= 0.6 is 35.3 Å². The van der Waals surface area contributed by atoms with Crippen LogP contribution in [0.1, 0.15) is 16.1 Å². The van der Waals surface area contributed by atoms with Crippen LogP contribution < -0.4 is 10.6 Å². The Labute approximate surface area is 184 Å². The second-order valence-corrected chi connectivity index (χ2v) is 6.99. The van der Waals surface area contributed by atoms with Gasteiger partial charge in [0.2, 0.25) is 0 Å². The molecule has 2 N–H and O–H groups in total. The van der Waals surface area contributed by atoms with Crippen LogP contribution in [0.15, 0.2) is 53.5 Å². The molecule has 0 amide bonds. The molecule has 4 nitrogen and oxygen atoms in total. The third-order valence-electron chi connectivity index (χ3n) is 4.01. The lowest BCUT2D eigenvalue weighted by atomic mass is 10.2. The lowest BCUT2D eigenvalue weighted by Crippen LogP contribution is -2.36. The highest BCUT2D eigenvalue weighted by molar-refractivity contribution is 14.0. The fraction of sp³-hybridized carbons (Fsp3) is 0.200. The molecule has 0 spiro atoms. The quantitative estimate of drug-likeness (QED) is 0.290. The lowest BCUT2D eigenvalue weighted by molar-refractivity contribution is 0.581. The van der Waals surface area contributed by atoms with E-state index in [-0.39, 0.29) is 36.1 Å². The molecule has 0 radical (unpaired) electrons. The Bertz CT molecular complexity index is 945. The number of guanidine groups is 1. The fourth-order valence-corrected chi connectivity index (χ4v) is 3.55. The van der Waals surface area contributed by atoms with Crippen molar-refractivity contribution in [1.82, 2.24) is 15.6 Å². The van der Waals surface area contributed by atoms with Crippen molar-refractivity contribution in [3.63, 3.8) is 0 Å². The molecular weight excluding hydrogens is 493 g/mol. The molecule has 28 heavy (non-hydrogen) atoms. The fourth-order valence-electron chi connectivity index (χ4n) is 2.54. The maximum absolute atomic E-state index is 13.7. The number of rotatable bonds is 5. The zero-order chi connectivity index (χ0) is 19.2. The zero-order valence-corrected chi connectivity index (χ0v) is 18.6. The summed E-state index contributed by atoms with van der Waals surface area (Å²) in [7, 11) is 1.63. The number of aliphatic imine (C=N–C) groups is 1. The van der Waals surface area contributed by atoms with Crippen LogP contribution in [0.4, 0.5) is 8.78 Å². The second-order valence-electron chi connectivity index (χ2n) is 5.91. The molecule has 0 aliphatic carbocycles. The van der Waals surface area contributed by atoms with Gasteiger partial charge in [-0.25, -0.2) is 13.8 Å². The smallest absolute Gasteiger partial charge is 0.191 e. The van der Waals surface area contributed by atoms with Crippen LogP contribution in [0.5, 0.6) is 0 Å². The van der Waals surface area contributed by atoms with E-state index in [1.54, 1.807) is 18.4 Å². The van der Waals surface area contributed by atoms with Crippen molar-refractivity contribution in [3.8, 4) is 10.6 Å². The van der Waals surface area contributed by atoms with Crippen molar-refractivity contribution >= 4 is 41.3 Å². The van der Waals surface area contributed by atoms with E-state index >= 15 is 0 Å². The van der Waals surface area contributed by atoms with Crippen molar-refractivity contribution < 1.29 is 8.78 Å². The van der Waals surface area contributed by atoms with E-state index in [9.17, 15) is 8.78 Å². The van der Waals surface area contributed by atoms with E-state index in [1.165, 1.54) is 6.07 Å². The van der Waals surface area contributed by atoms with Gasteiger partial charge in [0.15, 0.2) is 5.96 Å². The molecule has 0 atom stereocenters. The highest BCUT2D eigenvalue weighted by atomic mass is 127. The molecule has 0 saturated heterocycles. The summed E-state index contributed by atoms with van der Waals surface area (Å²) in [5.41, 5.74) is 2.29. The molecule has 0 bridgehead atoms. The highest BCUT2D eigenvalue weighted by Crippen LogP contribution is 2.27. The number of aromatic nitrogens is 1. The summed E-state index contributed by atoms with van der Waals surface area (Å²) in [6, 6.07) is 13.4. The minimum absolute atomic E-state index is 0. The summed E-state index contributed by atoms with van der Waals surface area (Å²) < 4.78 is 27.0. The summed E-state index contributed by atoms with van der Waals surface area (Å²) in [6.07, 6.45) is 0. The number of thiazole rings is 1. The molecule has 1 heterocycles. The number of halogens is 3. The van der Waals surface area contributed by atoms with E-state index in [1.807, 2.05) is 37.3 Å². The van der Waals surface area contributed by atoms with Crippen molar-refractivity contribution in [2.24, 2.45) is 4.99 Å². The largest absolute Gasteiger partial charge is 0.352 e. The predicted octanol–water partition coefficient (Wildman–Crippen LogP) is 4.88. The van der Waals surface area contributed by atoms with Gasteiger partial charge in [0, 0.05) is 29.6 Å². The van der Waals surface area contributed by atoms with Crippen LogP contribution in [0.3, 0.4) is 0 Å². The molecule has 148 valence electrons. The van der Waals surface area contributed by atoms with Crippen molar-refractivity contribution in [1.29, 1.82) is 0 Å². The average Bonchev–Trinajstić information content (AvgIpc) is 3.06. The summed E-state index contributed by atoms with van der Waals surface area (Å²) in [5, 5.41) is 7.15. The second kappa shape index (κ2) is 10.5. The minimum atomic E-state index is -0.468. The summed E-state index contributed by atoms with van der Waals surface area (Å²) in [6.45, 7) is 2.65. The van der Waals surface area contributed by atoms with E-state index < -0.39 is 11.6 Å². The normalized spacial score (nSPS) is 11.1. The first-order valence-corrected chi connectivity index (χ1v) is 9.28. The van der Waals surface area contributed by atoms with Crippen molar-refractivity contribution in [2.45, 2.75) is 20.0 Å². The topological polar surface area (TPSA) is 49.3 Å². The van der Waals surface area contributed by atoms with Crippen molar-refractivity contribution in [3.05, 3.63) is 76.3 Å². The Morgan fingerprint density at radius 2 is 1.79 bits per heavy atom. The van der Waals surface area contributed by atoms with Gasteiger partial charge in [-0.1, -0.05) is 30.3 Å². The summed E-state index contributed by atoms with van der Waals surface area (Å²) >= 11 is 1.62. The van der Waals surface area contributed by atoms with Crippen LogP contribution in [0, 0.1) is 18.6 Å². The Balaban J connectivity index is 0.00000280. The van der Waals surface area contributed by atoms with Gasteiger partial charge in [0.05, 0.1) is 12.2 Å². The molecule has 0 saturated carbocycles. The van der Waals surface area contributed by atoms with Gasteiger partial charge < -0.3 is 10.6 Å². The Hall–Kier alpha value is -2.07. The molecular formula is C20H21F2IN4S. The van der Waals surface area contributed by atoms with Gasteiger partial charge >= 0.3 is 0 Å². The number of nitrogens with zero attached hydrogens (tertiary/aromatic N) is 2. The predicted molar refractivity (Wildman–Crippen MR) is 121 cm³/mol. The van der Waals surface area contributed by atoms with Gasteiger partial charge in [-0.05, 0) is 25.1 Å². The molecule has 2 aromatic carbocycles. The SMILES string of the molecule is CN=C(NCc1cc(F)ccc1F)NCc1sc(-c2ccccc2)nc1C.I. The van der Waals surface area contributed by atoms with Gasteiger partial charge in [-0.15, -0.1) is 35.3 Å². The van der Waals surface area contributed by atoms with Gasteiger partial charge in [-0.3, -0.25) is 4.99 Å². The van der Waals surface area contributed by atoms with Crippen LogP contribution in [-0.2, 0) is 13.1 Å². The number of aryl methyl sites for hydroxylation is 1. The minimum Gasteiger partial charge on any atom is -0.352 e. The van der Waals surface area contributed by atoms with Crippen molar-refractivity contribution in [2.75, 3.05) is 7.05 Å². The summed E-state index contributed by atoms with van der Waals surface area (Å²) in [5.74, 6) is -0.414. The Morgan fingerprint density at radius 1 is 1.07 bits per heavy atom. The van der Waals surface area contributed by atoms with E-state index in [0.29, 0.717) is 12.5 Å². The first-order valence-electron chi connectivity index (χ1n) is 8.47. The van der Waals surface area contributed by atoms with E-state index in [4.69, 9.17) is 0 Å². The molecule has 0 aliphatic heterocycles. The maximum Gasteiger partial charge on any atom is 0.191 e. The molecule has 3 rings (SSSR count). The first kappa shape index (κ1) is 22.2. The third-order valence-corrected chi connectivity index (χ3v) is 5.21. The van der Waals surface area contributed by atoms with Gasteiger partial charge in [0.25, 0.3) is 0 Å². The van der Waals surface area contributed by atoms with Gasteiger partial charge in [-0.2, -0.15) is 0 Å². The van der Waals surface area contributed by atoms with Crippen LogP contribution in [0.2, 0.25) is 0 Å². The summed E-state index contributed by atoms with van der Waals surface area (Å²) in [4.78, 5) is 9.85. The number of hydrogen-bond acceptors (Lipinski definition) is 3. The molecule has 0 aliphatic rings. The van der Waals surface area contributed by atoms with E-state index in [2.05, 4.69) is 20.6 Å². The number of nitrogens with one attached hydrogen (secondary N) is 2. The molecule has 3 aromatic rings. The van der Waals surface area contributed by atoms with Gasteiger partial charge in [0.1, 0.15) is 16.6 Å². The Morgan fingerprint density at radius 3 is 2.50 bits per heavy atom. The van der Waals surface area contributed by atoms with Crippen LogP contribution in [0.25, 0.3) is 10.6 Å². The monoisotopic (exact) mass is 514 g/mol. The molecule has 1 aromatic heterocycles. The standard InChI is InChI=1S/C20H20F2N4S.HI/c1-13-18(27-19(26-13)14-6-4-3-5-7-14)12-25-20(23-2)24-11-15-10-16(21)8-9-17(15)22;/h3-10H,11-12H2,1-2H3,(H2,23,24,25);1H. The highest BCUT2D eigenvalue weighted by Gasteiger charge is 2.10. The first-order chi connectivity index (χ1) is 13.1. The average molecular weight is 514 g/mol. The Kier molecular flexibility index (Phi) is 8.31. The zero-order valence-electron chi connectivity index (χ0n) is 15.5.